The summed E-state index contributed by atoms with van der Waals surface area (Å²) in [6.45, 7) is 0.835. The van der Waals surface area contributed by atoms with Crippen LogP contribution in [0.4, 0.5) is 5.69 Å². The Morgan fingerprint density at radius 2 is 2.10 bits per heavy atom. The molecule has 1 atom stereocenters. The minimum Gasteiger partial charge on any atom is -0.389 e. The highest BCUT2D eigenvalue weighted by Gasteiger charge is 2.15. The van der Waals surface area contributed by atoms with E-state index in [-0.39, 0.29) is 0 Å². The normalized spacial score (nSPS) is 17.9. The minimum atomic E-state index is -0.511. The summed E-state index contributed by atoms with van der Waals surface area (Å²) in [5, 5.41) is 13.8. The predicted octanol–water partition coefficient (Wildman–Crippen LogP) is 4.22. The van der Waals surface area contributed by atoms with Crippen LogP contribution >= 0.6 is 27.5 Å². The fourth-order valence-electron chi connectivity index (χ4n) is 2.41. The van der Waals surface area contributed by atoms with Gasteiger partial charge in [-0.05, 0) is 40.9 Å². The van der Waals surface area contributed by atoms with E-state index < -0.39 is 6.10 Å². The average molecular weight is 363 g/mol. The topological polar surface area (TPSA) is 41.5 Å². The van der Waals surface area contributed by atoms with E-state index in [0.29, 0.717) is 24.3 Å². The molecule has 5 heteroatoms. The number of halogens is 2. The molecule has 1 aliphatic carbocycles. The summed E-state index contributed by atoms with van der Waals surface area (Å²) in [7, 11) is 0. The lowest BCUT2D eigenvalue weighted by molar-refractivity contribution is -0.0195. The third-order valence-corrected chi connectivity index (χ3v) is 4.95. The molecule has 0 spiro atoms. The zero-order valence-corrected chi connectivity index (χ0v) is 13.8. The van der Waals surface area contributed by atoms with Crippen LogP contribution in [0.3, 0.4) is 0 Å². The van der Waals surface area contributed by atoms with E-state index in [9.17, 15) is 5.11 Å². The zero-order chi connectivity index (χ0) is 14.4. The van der Waals surface area contributed by atoms with Crippen molar-refractivity contribution in [3.8, 4) is 0 Å². The minimum absolute atomic E-state index is 0.330. The smallest absolute Gasteiger partial charge is 0.0945 e. The number of aliphatic hydroxyl groups is 1. The highest BCUT2D eigenvalue weighted by molar-refractivity contribution is 9.10. The Bertz CT molecular complexity index is 424. The van der Waals surface area contributed by atoms with Crippen molar-refractivity contribution < 1.29 is 9.84 Å². The molecule has 1 unspecified atom stereocenters. The number of hydrogen-bond acceptors (Lipinski definition) is 3. The lowest BCUT2D eigenvalue weighted by Crippen LogP contribution is -2.28. The highest BCUT2D eigenvalue weighted by Crippen LogP contribution is 2.29. The van der Waals surface area contributed by atoms with Crippen molar-refractivity contribution in [2.24, 2.45) is 0 Å². The van der Waals surface area contributed by atoms with E-state index in [1.807, 2.05) is 18.2 Å². The third kappa shape index (κ3) is 4.92. The molecule has 112 valence electrons. The van der Waals surface area contributed by atoms with Gasteiger partial charge in [-0.2, -0.15) is 0 Å². The van der Waals surface area contributed by atoms with Crippen LogP contribution in [0.15, 0.2) is 22.7 Å². The first kappa shape index (κ1) is 16.1. The number of ether oxygens (including phenoxy) is 1. The number of benzene rings is 1. The molecule has 1 aliphatic rings. The molecule has 1 saturated carbocycles. The third-order valence-electron chi connectivity index (χ3n) is 3.56. The van der Waals surface area contributed by atoms with Crippen LogP contribution in [0.25, 0.3) is 0 Å². The van der Waals surface area contributed by atoms with Crippen LogP contribution in [-0.4, -0.2) is 30.5 Å². The maximum atomic E-state index is 9.97. The second kappa shape index (κ2) is 8.23. The van der Waals surface area contributed by atoms with Crippen LogP contribution in [0, 0.1) is 0 Å². The lowest BCUT2D eigenvalue weighted by Gasteiger charge is -2.23. The van der Waals surface area contributed by atoms with Gasteiger partial charge in [0.15, 0.2) is 0 Å². The maximum absolute atomic E-state index is 9.97. The second-order valence-corrected chi connectivity index (χ2v) is 6.43. The summed E-state index contributed by atoms with van der Waals surface area (Å²) in [4.78, 5) is 0. The summed E-state index contributed by atoms with van der Waals surface area (Å²) < 4.78 is 6.58. The van der Waals surface area contributed by atoms with Crippen molar-refractivity contribution >= 4 is 33.2 Å². The summed E-state index contributed by atoms with van der Waals surface area (Å²) in [6, 6.07) is 5.62. The van der Waals surface area contributed by atoms with Crippen molar-refractivity contribution in [1.29, 1.82) is 0 Å². The van der Waals surface area contributed by atoms with Crippen molar-refractivity contribution in [3.63, 3.8) is 0 Å². The molecule has 1 aromatic carbocycles. The Kier molecular flexibility index (Phi) is 6.62. The SMILES string of the molecule is OC(CNc1cccc(Cl)c1Br)COC1CCCCC1. The Hall–Kier alpha value is -0.290. The van der Waals surface area contributed by atoms with Gasteiger partial charge < -0.3 is 15.2 Å². The van der Waals surface area contributed by atoms with Crippen molar-refractivity contribution in [1.82, 2.24) is 0 Å². The molecular formula is C15H21BrClNO2. The first-order valence-electron chi connectivity index (χ1n) is 7.14. The van der Waals surface area contributed by atoms with Gasteiger partial charge >= 0.3 is 0 Å². The lowest BCUT2D eigenvalue weighted by atomic mass is 9.98. The Labute approximate surface area is 133 Å². The molecule has 0 saturated heterocycles. The van der Waals surface area contributed by atoms with Crippen LogP contribution in [0.1, 0.15) is 32.1 Å². The summed E-state index contributed by atoms with van der Waals surface area (Å²) in [5.74, 6) is 0. The molecule has 0 aromatic heterocycles. The Balaban J connectivity index is 1.71. The van der Waals surface area contributed by atoms with Crippen molar-refractivity contribution in [2.75, 3.05) is 18.5 Å². The molecule has 0 bridgehead atoms. The van der Waals surface area contributed by atoms with Gasteiger partial charge in [-0.15, -0.1) is 0 Å². The molecule has 2 N–H and O–H groups in total. The molecule has 2 rings (SSSR count). The summed E-state index contributed by atoms with van der Waals surface area (Å²) in [5.41, 5.74) is 0.884. The molecule has 0 amide bonds. The fraction of sp³-hybridized carbons (Fsp3) is 0.600. The quantitative estimate of drug-likeness (QED) is 0.796. The van der Waals surface area contributed by atoms with E-state index in [1.165, 1.54) is 19.3 Å². The molecule has 0 aliphatic heterocycles. The monoisotopic (exact) mass is 361 g/mol. The first-order valence-corrected chi connectivity index (χ1v) is 8.31. The van der Waals surface area contributed by atoms with Gasteiger partial charge in [0.25, 0.3) is 0 Å². The number of nitrogens with one attached hydrogen (secondary N) is 1. The molecule has 1 aromatic rings. The number of aliphatic hydroxyl groups excluding tert-OH is 1. The van der Waals surface area contributed by atoms with Crippen LogP contribution in [0.2, 0.25) is 5.02 Å². The number of anilines is 1. The molecule has 0 radical (unpaired) electrons. The van der Waals surface area contributed by atoms with Gasteiger partial charge in [0, 0.05) is 6.54 Å². The Morgan fingerprint density at radius 3 is 2.85 bits per heavy atom. The maximum Gasteiger partial charge on any atom is 0.0945 e. The van der Waals surface area contributed by atoms with E-state index in [0.717, 1.165) is 23.0 Å². The summed E-state index contributed by atoms with van der Waals surface area (Å²) in [6.07, 6.45) is 5.87. The van der Waals surface area contributed by atoms with Gasteiger partial charge in [0.1, 0.15) is 0 Å². The predicted molar refractivity (Wildman–Crippen MR) is 86.5 cm³/mol. The van der Waals surface area contributed by atoms with E-state index in [1.54, 1.807) is 0 Å². The standard InChI is InChI=1S/C15H21BrClNO2/c16-15-13(17)7-4-8-14(15)18-9-11(19)10-20-12-5-2-1-3-6-12/h4,7-8,11-12,18-19H,1-3,5-6,9-10H2. The van der Waals surface area contributed by atoms with E-state index in [4.69, 9.17) is 16.3 Å². The van der Waals surface area contributed by atoms with Gasteiger partial charge in [-0.1, -0.05) is 36.9 Å². The van der Waals surface area contributed by atoms with Crippen LogP contribution < -0.4 is 5.32 Å². The number of rotatable bonds is 6. The van der Waals surface area contributed by atoms with Gasteiger partial charge in [-0.25, -0.2) is 0 Å². The first-order chi connectivity index (χ1) is 9.66. The summed E-state index contributed by atoms with van der Waals surface area (Å²) >= 11 is 9.44. The van der Waals surface area contributed by atoms with Crippen LogP contribution in [0.5, 0.6) is 0 Å². The Morgan fingerprint density at radius 1 is 1.35 bits per heavy atom. The molecule has 20 heavy (non-hydrogen) atoms. The largest absolute Gasteiger partial charge is 0.389 e. The average Bonchev–Trinajstić information content (AvgIpc) is 2.48. The zero-order valence-electron chi connectivity index (χ0n) is 11.4. The molecule has 3 nitrogen and oxygen atoms in total. The van der Waals surface area contributed by atoms with Crippen molar-refractivity contribution in [2.45, 2.75) is 44.3 Å². The highest BCUT2D eigenvalue weighted by atomic mass is 79.9. The second-order valence-electron chi connectivity index (χ2n) is 5.23. The van der Waals surface area contributed by atoms with Crippen LogP contribution in [-0.2, 0) is 4.74 Å². The van der Waals surface area contributed by atoms with Gasteiger partial charge in [0.05, 0.1) is 34.0 Å². The fourth-order valence-corrected chi connectivity index (χ4v) is 2.99. The number of hydrogen-bond donors (Lipinski definition) is 2. The van der Waals surface area contributed by atoms with E-state index >= 15 is 0 Å². The van der Waals surface area contributed by atoms with Gasteiger partial charge in [-0.3, -0.25) is 0 Å². The van der Waals surface area contributed by atoms with Gasteiger partial charge in [0.2, 0.25) is 0 Å². The molecular weight excluding hydrogens is 342 g/mol. The molecule has 0 heterocycles. The van der Waals surface area contributed by atoms with E-state index in [2.05, 4.69) is 21.2 Å². The molecule has 1 fully saturated rings. The van der Waals surface area contributed by atoms with Crippen molar-refractivity contribution in [3.05, 3.63) is 27.7 Å².